The average Bonchev–Trinajstić information content (AvgIpc) is 2.78. The number of fused-ring (bicyclic) bond motifs is 1. The number of likely N-dealkylation sites (N-methyl/N-ethyl adjacent to an activating group) is 1. The Balaban J connectivity index is 2.56. The molecule has 114 valence electrons. The van der Waals surface area contributed by atoms with Crippen molar-refractivity contribution >= 4 is 31.4 Å². The lowest BCUT2D eigenvalue weighted by molar-refractivity contribution is 0.381. The van der Waals surface area contributed by atoms with Crippen LogP contribution in [0.3, 0.4) is 0 Å². The van der Waals surface area contributed by atoms with E-state index in [1.807, 2.05) is 6.92 Å². The average molecular weight is 339 g/mol. The lowest BCUT2D eigenvalue weighted by Gasteiger charge is -2.30. The van der Waals surface area contributed by atoms with E-state index >= 15 is 0 Å². The zero-order valence-electron chi connectivity index (χ0n) is 11.2. The van der Waals surface area contributed by atoms with Gasteiger partial charge in [-0.2, -0.15) is 4.31 Å². The molecule has 0 radical (unpaired) electrons. The number of hydrogen-bond donors (Lipinski definition) is 2. The molecule has 2 rings (SSSR count). The van der Waals surface area contributed by atoms with Crippen LogP contribution in [0.1, 0.15) is 24.9 Å². The Morgan fingerprint density at radius 1 is 1.55 bits per heavy atom. The smallest absolute Gasteiger partial charge is 0.252 e. The highest BCUT2D eigenvalue weighted by atomic mass is 32.3. The molecular weight excluding hydrogens is 322 g/mol. The fourth-order valence-electron chi connectivity index (χ4n) is 2.04. The third-order valence-electron chi connectivity index (χ3n) is 3.08. The van der Waals surface area contributed by atoms with Gasteiger partial charge in [-0.1, -0.05) is 6.92 Å². The Kier molecular flexibility index (Phi) is 4.24. The lowest BCUT2D eigenvalue weighted by atomic mass is 10.1. The molecule has 0 fully saturated rings. The van der Waals surface area contributed by atoms with Crippen molar-refractivity contribution in [2.45, 2.75) is 27.8 Å². The Bertz CT molecular complexity index is 708. The van der Waals surface area contributed by atoms with E-state index < -0.39 is 20.0 Å². The van der Waals surface area contributed by atoms with Crippen molar-refractivity contribution in [3.8, 4) is 0 Å². The molecule has 0 aliphatic carbocycles. The molecule has 0 spiro atoms. The Morgan fingerprint density at radius 3 is 2.75 bits per heavy atom. The van der Waals surface area contributed by atoms with E-state index in [0.717, 1.165) is 13.0 Å². The van der Waals surface area contributed by atoms with Gasteiger partial charge in [0.2, 0.25) is 10.0 Å². The molecule has 20 heavy (non-hydrogen) atoms. The minimum absolute atomic E-state index is 0.0591. The van der Waals surface area contributed by atoms with Crippen molar-refractivity contribution in [3.63, 3.8) is 0 Å². The number of hydrogen-bond acceptors (Lipinski definition) is 6. The second kappa shape index (κ2) is 5.35. The first-order valence-electron chi connectivity index (χ1n) is 6.04. The molecule has 0 saturated heterocycles. The van der Waals surface area contributed by atoms with Crippen LogP contribution < -0.4 is 10.5 Å². The number of nitrogens with two attached hydrogens (primary N) is 1. The molecule has 0 amide bonds. The van der Waals surface area contributed by atoms with Crippen molar-refractivity contribution in [2.24, 2.45) is 5.14 Å². The summed E-state index contributed by atoms with van der Waals surface area (Å²) in [6, 6.07) is 1.15. The van der Waals surface area contributed by atoms with E-state index in [4.69, 9.17) is 5.14 Å². The summed E-state index contributed by atoms with van der Waals surface area (Å²) in [7, 11) is -6.05. The number of nitrogens with one attached hydrogen (secondary N) is 1. The second-order valence-corrected chi connectivity index (χ2v) is 9.73. The molecule has 7 nitrogen and oxygen atoms in total. The molecule has 1 aliphatic rings. The minimum atomic E-state index is -3.90. The van der Waals surface area contributed by atoms with Crippen LogP contribution in [0.5, 0.6) is 0 Å². The quantitative estimate of drug-likeness (QED) is 0.807. The van der Waals surface area contributed by atoms with Crippen LogP contribution in [-0.4, -0.2) is 41.3 Å². The van der Waals surface area contributed by atoms with Gasteiger partial charge in [0.15, 0.2) is 0 Å². The predicted molar refractivity (Wildman–Crippen MR) is 76.5 cm³/mol. The van der Waals surface area contributed by atoms with Crippen LogP contribution in [0.15, 0.2) is 14.5 Å². The molecule has 1 aliphatic heterocycles. The molecule has 1 aromatic heterocycles. The maximum Gasteiger partial charge on any atom is 0.252 e. The normalized spacial score (nSPS) is 22.6. The largest absolute Gasteiger partial charge is 0.309 e. The zero-order chi connectivity index (χ0) is 15.1. The van der Waals surface area contributed by atoms with Gasteiger partial charge in [-0.3, -0.25) is 0 Å². The number of sulfonamides is 2. The first-order chi connectivity index (χ1) is 9.17. The Labute approximate surface area is 122 Å². The van der Waals surface area contributed by atoms with Gasteiger partial charge < -0.3 is 5.32 Å². The van der Waals surface area contributed by atoms with Crippen LogP contribution in [0.2, 0.25) is 0 Å². The van der Waals surface area contributed by atoms with E-state index in [1.165, 1.54) is 17.4 Å². The molecular formula is C10H17N3O4S3. The van der Waals surface area contributed by atoms with Gasteiger partial charge >= 0.3 is 0 Å². The van der Waals surface area contributed by atoms with Crippen LogP contribution in [0.4, 0.5) is 0 Å². The number of thiophene rings is 1. The molecule has 2 heterocycles. The molecule has 1 atom stereocenters. The van der Waals surface area contributed by atoms with Crippen LogP contribution in [0, 0.1) is 0 Å². The van der Waals surface area contributed by atoms with Gasteiger partial charge in [-0.15, -0.1) is 11.3 Å². The van der Waals surface area contributed by atoms with Crippen molar-refractivity contribution in [1.82, 2.24) is 9.62 Å². The van der Waals surface area contributed by atoms with E-state index in [9.17, 15) is 16.8 Å². The standard InChI is InChI=1S/C10H17N3O4S3/c1-3-4-12-8-6-13(2)20(16,17)10-7(8)5-9(18-10)19(11,14)15/h5,8,12H,3-4,6H2,1-2H3,(H2,11,14,15)/t8-/m0/s1. The van der Waals surface area contributed by atoms with Gasteiger partial charge in [0, 0.05) is 25.2 Å². The first-order valence-corrected chi connectivity index (χ1v) is 9.84. The summed E-state index contributed by atoms with van der Waals surface area (Å²) >= 11 is 0.708. The van der Waals surface area contributed by atoms with Gasteiger partial charge in [0.1, 0.15) is 8.42 Å². The third kappa shape index (κ3) is 2.76. The van der Waals surface area contributed by atoms with Gasteiger partial charge in [-0.05, 0) is 19.0 Å². The predicted octanol–water partition coefficient (Wildman–Crippen LogP) is 0.0703. The number of primary sulfonamides is 1. The molecule has 0 unspecified atom stereocenters. The van der Waals surface area contributed by atoms with E-state index in [0.29, 0.717) is 16.9 Å². The van der Waals surface area contributed by atoms with Gasteiger partial charge in [-0.25, -0.2) is 22.0 Å². The fraction of sp³-hybridized carbons (Fsp3) is 0.600. The van der Waals surface area contributed by atoms with Gasteiger partial charge in [0.05, 0.1) is 0 Å². The summed E-state index contributed by atoms with van der Waals surface area (Å²) in [5.41, 5.74) is 0.491. The fourth-order valence-corrected chi connectivity index (χ4v) is 6.09. The highest BCUT2D eigenvalue weighted by molar-refractivity contribution is 7.94. The van der Waals surface area contributed by atoms with Crippen molar-refractivity contribution in [1.29, 1.82) is 0 Å². The first kappa shape index (κ1) is 15.9. The zero-order valence-corrected chi connectivity index (χ0v) is 13.6. The summed E-state index contributed by atoms with van der Waals surface area (Å²) < 4.78 is 48.5. The van der Waals surface area contributed by atoms with Gasteiger partial charge in [0.25, 0.3) is 10.0 Å². The molecule has 0 aromatic carbocycles. The molecule has 10 heteroatoms. The lowest BCUT2D eigenvalue weighted by Crippen LogP contribution is -2.41. The van der Waals surface area contributed by atoms with E-state index in [-0.39, 0.29) is 21.0 Å². The van der Waals surface area contributed by atoms with E-state index in [1.54, 1.807) is 0 Å². The second-order valence-electron chi connectivity index (χ2n) is 4.65. The summed E-state index contributed by atoms with van der Waals surface area (Å²) in [5.74, 6) is 0. The summed E-state index contributed by atoms with van der Waals surface area (Å²) in [6.07, 6.45) is 0.897. The van der Waals surface area contributed by atoms with Crippen molar-refractivity contribution < 1.29 is 16.8 Å². The molecule has 0 bridgehead atoms. The third-order valence-corrected chi connectivity index (χ3v) is 8.00. The van der Waals surface area contributed by atoms with Crippen molar-refractivity contribution in [3.05, 3.63) is 11.6 Å². The Hall–Kier alpha value is -0.520. The van der Waals surface area contributed by atoms with Crippen LogP contribution >= 0.6 is 11.3 Å². The Morgan fingerprint density at radius 2 is 2.20 bits per heavy atom. The summed E-state index contributed by atoms with van der Waals surface area (Å²) in [6.45, 7) is 3.00. The van der Waals surface area contributed by atoms with Crippen LogP contribution in [0.25, 0.3) is 0 Å². The summed E-state index contributed by atoms with van der Waals surface area (Å²) in [4.78, 5) is 0. The van der Waals surface area contributed by atoms with Crippen LogP contribution in [-0.2, 0) is 20.0 Å². The highest BCUT2D eigenvalue weighted by Gasteiger charge is 2.37. The van der Waals surface area contributed by atoms with Crippen molar-refractivity contribution in [2.75, 3.05) is 20.1 Å². The SMILES string of the molecule is CCCN[C@H]1CN(C)S(=O)(=O)c2sc(S(N)(=O)=O)cc21. The minimum Gasteiger partial charge on any atom is -0.309 e. The molecule has 3 N–H and O–H groups in total. The van der Waals surface area contributed by atoms with E-state index in [2.05, 4.69) is 5.32 Å². The molecule has 0 saturated carbocycles. The number of rotatable bonds is 4. The number of nitrogens with zero attached hydrogens (tertiary/aromatic N) is 1. The highest BCUT2D eigenvalue weighted by Crippen LogP contribution is 2.39. The summed E-state index contributed by atoms with van der Waals surface area (Å²) in [5, 5.41) is 8.32. The maximum absolute atomic E-state index is 12.2. The maximum atomic E-state index is 12.2. The topological polar surface area (TPSA) is 110 Å². The monoisotopic (exact) mass is 339 g/mol. The molecule has 1 aromatic rings.